The summed E-state index contributed by atoms with van der Waals surface area (Å²) in [5.41, 5.74) is 4.28. The van der Waals surface area contributed by atoms with Gasteiger partial charge >= 0.3 is 0 Å². The topological polar surface area (TPSA) is 49.4 Å². The fraction of sp³-hybridized carbons (Fsp3) is 0.231. The van der Waals surface area contributed by atoms with Gasteiger partial charge in [-0.2, -0.15) is 0 Å². The first-order valence-electron chi connectivity index (χ1n) is 5.65. The number of benzene rings is 1. The van der Waals surface area contributed by atoms with Crippen molar-refractivity contribution in [2.75, 3.05) is 5.01 Å². The van der Waals surface area contributed by atoms with E-state index in [9.17, 15) is 9.59 Å². The zero-order chi connectivity index (χ0) is 13.3. The molecule has 0 aromatic heterocycles. The number of amides is 2. The average Bonchev–Trinajstić information content (AvgIpc) is 2.65. The summed E-state index contributed by atoms with van der Waals surface area (Å²) in [5.74, 6) is -0.621. The molecule has 1 aromatic rings. The zero-order valence-corrected chi connectivity index (χ0v) is 11.7. The molecule has 1 heterocycles. The first-order valence-corrected chi connectivity index (χ1v) is 6.44. The Hall–Kier alpha value is -1.62. The van der Waals surface area contributed by atoms with Crippen LogP contribution in [-0.4, -0.2) is 11.8 Å². The Balaban J connectivity index is 2.37. The zero-order valence-electron chi connectivity index (χ0n) is 10.2. The van der Waals surface area contributed by atoms with Crippen LogP contribution >= 0.6 is 15.9 Å². The lowest BCUT2D eigenvalue weighted by Gasteiger charge is -2.14. The largest absolute Gasteiger partial charge is 0.282 e. The van der Waals surface area contributed by atoms with Gasteiger partial charge < -0.3 is 0 Å². The number of allylic oxidation sites excluding steroid dienone is 1. The minimum absolute atomic E-state index is 0.250. The molecule has 0 atom stereocenters. The Labute approximate surface area is 114 Å². The van der Waals surface area contributed by atoms with Crippen molar-refractivity contribution >= 4 is 33.4 Å². The first kappa shape index (κ1) is 12.8. The van der Waals surface area contributed by atoms with Crippen LogP contribution in [0.25, 0.3) is 0 Å². The number of hydrogen-bond donors (Lipinski definition) is 1. The number of carbonyl (C=O) groups excluding carboxylic acids is 2. The lowest BCUT2D eigenvalue weighted by molar-refractivity contribution is -0.117. The van der Waals surface area contributed by atoms with Crippen molar-refractivity contribution in [1.82, 2.24) is 5.43 Å². The Bertz CT molecular complexity index is 534. The normalized spacial score (nSPS) is 18.1. The van der Waals surface area contributed by atoms with E-state index in [0.717, 1.165) is 10.0 Å². The fourth-order valence-corrected chi connectivity index (χ4v) is 2.01. The quantitative estimate of drug-likeness (QED) is 0.674. The third-order valence-electron chi connectivity index (χ3n) is 2.90. The molecule has 0 radical (unpaired) electrons. The van der Waals surface area contributed by atoms with Gasteiger partial charge in [0.15, 0.2) is 0 Å². The summed E-state index contributed by atoms with van der Waals surface area (Å²) in [6, 6.07) is 7.19. The summed E-state index contributed by atoms with van der Waals surface area (Å²) in [5, 5.41) is 1.28. The van der Waals surface area contributed by atoms with Crippen molar-refractivity contribution in [2.24, 2.45) is 0 Å². The molecule has 4 nitrogen and oxygen atoms in total. The predicted molar refractivity (Wildman–Crippen MR) is 72.8 cm³/mol. The minimum atomic E-state index is -0.331. The summed E-state index contributed by atoms with van der Waals surface area (Å²) in [4.78, 5) is 24.0. The highest BCUT2D eigenvalue weighted by Gasteiger charge is 2.35. The van der Waals surface area contributed by atoms with Crippen LogP contribution in [0, 0.1) is 0 Å². The second-order valence-electron chi connectivity index (χ2n) is 4.07. The number of halogens is 1. The van der Waals surface area contributed by atoms with Gasteiger partial charge in [-0.1, -0.05) is 28.4 Å². The molecule has 1 aliphatic rings. The molecule has 0 aliphatic carbocycles. The van der Waals surface area contributed by atoms with Crippen molar-refractivity contribution in [3.63, 3.8) is 0 Å². The van der Waals surface area contributed by atoms with Crippen LogP contribution in [0.5, 0.6) is 0 Å². The van der Waals surface area contributed by atoms with E-state index in [-0.39, 0.29) is 17.4 Å². The molecule has 0 bridgehead atoms. The van der Waals surface area contributed by atoms with Gasteiger partial charge in [-0.15, -0.1) is 0 Å². The number of nitrogens with zero attached hydrogens (tertiary/aromatic N) is 1. The van der Waals surface area contributed by atoms with E-state index < -0.39 is 0 Å². The summed E-state index contributed by atoms with van der Waals surface area (Å²) in [6.45, 7) is 3.73. The summed E-state index contributed by atoms with van der Waals surface area (Å²) in [6.07, 6.45) is 0.683. The van der Waals surface area contributed by atoms with Crippen LogP contribution in [0.4, 0.5) is 5.69 Å². The van der Waals surface area contributed by atoms with Crippen LogP contribution in [-0.2, 0) is 9.59 Å². The molecule has 0 saturated carbocycles. The molecule has 1 aromatic carbocycles. The van der Waals surface area contributed by atoms with Gasteiger partial charge in [0.05, 0.1) is 5.69 Å². The lowest BCUT2D eigenvalue weighted by Crippen LogP contribution is -2.35. The van der Waals surface area contributed by atoms with Crippen molar-refractivity contribution in [1.29, 1.82) is 0 Å². The molecule has 1 aliphatic heterocycles. The highest BCUT2D eigenvalue weighted by molar-refractivity contribution is 9.10. The molecule has 2 amide bonds. The molecule has 2 rings (SSSR count). The third kappa shape index (κ3) is 2.18. The van der Waals surface area contributed by atoms with E-state index in [1.54, 1.807) is 19.1 Å². The number of anilines is 1. The minimum Gasteiger partial charge on any atom is -0.267 e. The van der Waals surface area contributed by atoms with E-state index in [4.69, 9.17) is 0 Å². The first-order chi connectivity index (χ1) is 8.54. The van der Waals surface area contributed by atoms with Crippen LogP contribution in [0.1, 0.15) is 20.3 Å². The molecule has 1 N–H and O–H groups in total. The Morgan fingerprint density at radius 3 is 2.44 bits per heavy atom. The van der Waals surface area contributed by atoms with Gasteiger partial charge in [0, 0.05) is 4.47 Å². The van der Waals surface area contributed by atoms with E-state index in [1.807, 2.05) is 19.1 Å². The summed E-state index contributed by atoms with van der Waals surface area (Å²) >= 11 is 3.33. The van der Waals surface area contributed by atoms with E-state index in [0.29, 0.717) is 12.1 Å². The van der Waals surface area contributed by atoms with Crippen molar-refractivity contribution < 1.29 is 9.59 Å². The summed E-state index contributed by atoms with van der Waals surface area (Å²) < 4.78 is 0.921. The molecule has 18 heavy (non-hydrogen) atoms. The predicted octanol–water partition coefficient (Wildman–Crippen LogP) is 2.55. The number of hydrazine groups is 1. The van der Waals surface area contributed by atoms with Gasteiger partial charge in [0.25, 0.3) is 11.8 Å². The van der Waals surface area contributed by atoms with Crippen molar-refractivity contribution in [2.45, 2.75) is 20.3 Å². The second-order valence-corrected chi connectivity index (χ2v) is 4.98. The second kappa shape index (κ2) is 4.94. The number of nitrogens with one attached hydrogen (secondary N) is 1. The maximum Gasteiger partial charge on any atom is 0.282 e. The van der Waals surface area contributed by atoms with Gasteiger partial charge in [-0.05, 0) is 37.6 Å². The van der Waals surface area contributed by atoms with Crippen molar-refractivity contribution in [3.8, 4) is 0 Å². The summed E-state index contributed by atoms with van der Waals surface area (Å²) in [7, 11) is 0. The third-order valence-corrected chi connectivity index (χ3v) is 3.43. The van der Waals surface area contributed by atoms with Gasteiger partial charge in [0.1, 0.15) is 5.57 Å². The molecule has 1 saturated heterocycles. The van der Waals surface area contributed by atoms with Crippen LogP contribution < -0.4 is 10.4 Å². The number of rotatable bonds is 2. The Morgan fingerprint density at radius 1 is 1.28 bits per heavy atom. The van der Waals surface area contributed by atoms with Crippen LogP contribution in [0.15, 0.2) is 39.9 Å². The fourth-order valence-electron chi connectivity index (χ4n) is 1.74. The van der Waals surface area contributed by atoms with Crippen LogP contribution in [0.3, 0.4) is 0 Å². The molecule has 0 spiro atoms. The number of carbonyl (C=O) groups is 2. The average molecular weight is 309 g/mol. The van der Waals surface area contributed by atoms with Gasteiger partial charge in [0.2, 0.25) is 0 Å². The Morgan fingerprint density at radius 2 is 1.89 bits per heavy atom. The van der Waals surface area contributed by atoms with Crippen molar-refractivity contribution in [3.05, 3.63) is 39.9 Å². The van der Waals surface area contributed by atoms with E-state index in [1.165, 1.54) is 5.01 Å². The smallest absolute Gasteiger partial charge is 0.267 e. The van der Waals surface area contributed by atoms with E-state index in [2.05, 4.69) is 21.4 Å². The van der Waals surface area contributed by atoms with Crippen LogP contribution in [0.2, 0.25) is 0 Å². The SMILES string of the molecule is CCC(C)=C1C(=O)NN(c2ccc(Br)cc2)C1=O. The van der Waals surface area contributed by atoms with Gasteiger partial charge in [-0.3, -0.25) is 15.0 Å². The lowest BCUT2D eigenvalue weighted by atomic mass is 10.1. The van der Waals surface area contributed by atoms with Gasteiger partial charge in [-0.25, -0.2) is 5.01 Å². The standard InChI is InChI=1S/C13H13BrN2O2/c1-3-8(2)11-12(17)15-16(13(11)18)10-6-4-9(14)5-7-10/h4-7H,3H2,1-2H3,(H,15,17). The highest BCUT2D eigenvalue weighted by atomic mass is 79.9. The molecular weight excluding hydrogens is 296 g/mol. The Kier molecular flexibility index (Phi) is 3.52. The highest BCUT2D eigenvalue weighted by Crippen LogP contribution is 2.24. The maximum atomic E-state index is 12.2. The molecule has 94 valence electrons. The molecule has 0 unspecified atom stereocenters. The monoisotopic (exact) mass is 308 g/mol. The van der Waals surface area contributed by atoms with E-state index >= 15 is 0 Å². The number of hydrogen-bond acceptors (Lipinski definition) is 2. The molecule has 5 heteroatoms. The maximum absolute atomic E-state index is 12.2. The molecule has 1 fully saturated rings. The molecular formula is C13H13BrN2O2.